The molecule has 0 amide bonds. The first kappa shape index (κ1) is 13.9. The quantitative estimate of drug-likeness (QED) is 0.839. The van der Waals surface area contributed by atoms with E-state index in [0.29, 0.717) is 6.04 Å². The summed E-state index contributed by atoms with van der Waals surface area (Å²) in [6.45, 7) is 1.04. The molecular formula is C15H21N5O2. The Bertz CT molecular complexity index is 669. The van der Waals surface area contributed by atoms with Crippen LogP contribution in [0.1, 0.15) is 25.7 Å². The summed E-state index contributed by atoms with van der Waals surface area (Å²) in [6.07, 6.45) is 7.53. The van der Waals surface area contributed by atoms with E-state index < -0.39 is 6.10 Å². The van der Waals surface area contributed by atoms with Crippen molar-refractivity contribution in [2.75, 3.05) is 18.1 Å². The van der Waals surface area contributed by atoms with Crippen molar-refractivity contribution in [2.24, 2.45) is 5.92 Å². The van der Waals surface area contributed by atoms with Crippen LogP contribution in [0.4, 0.5) is 5.82 Å². The van der Waals surface area contributed by atoms with Crippen LogP contribution in [0.2, 0.25) is 0 Å². The molecule has 2 N–H and O–H groups in total. The van der Waals surface area contributed by atoms with Crippen LogP contribution in [-0.2, 0) is 6.54 Å². The van der Waals surface area contributed by atoms with E-state index in [0.717, 1.165) is 29.4 Å². The van der Waals surface area contributed by atoms with Gasteiger partial charge in [-0.15, -0.1) is 0 Å². The molecule has 2 unspecified atom stereocenters. The van der Waals surface area contributed by atoms with Gasteiger partial charge < -0.3 is 19.7 Å². The lowest BCUT2D eigenvalue weighted by atomic mass is 10.1. The summed E-state index contributed by atoms with van der Waals surface area (Å²) in [4.78, 5) is 15.7. The van der Waals surface area contributed by atoms with Gasteiger partial charge >= 0.3 is 0 Å². The predicted molar refractivity (Wildman–Crippen MR) is 81.5 cm³/mol. The highest BCUT2D eigenvalue weighted by atomic mass is 16.3. The van der Waals surface area contributed by atoms with Crippen LogP contribution >= 0.6 is 0 Å². The van der Waals surface area contributed by atoms with Gasteiger partial charge in [0.2, 0.25) is 0 Å². The number of rotatable bonds is 5. The minimum absolute atomic E-state index is 0.270. The largest absolute Gasteiger partial charge is 0.394 e. The van der Waals surface area contributed by atoms with Crippen LogP contribution in [0.15, 0.2) is 12.7 Å². The summed E-state index contributed by atoms with van der Waals surface area (Å²) in [7, 11) is 0. The van der Waals surface area contributed by atoms with Crippen molar-refractivity contribution in [3.8, 4) is 0 Å². The van der Waals surface area contributed by atoms with Crippen molar-refractivity contribution in [1.82, 2.24) is 19.5 Å². The van der Waals surface area contributed by atoms with E-state index in [2.05, 4.69) is 19.9 Å². The van der Waals surface area contributed by atoms with Gasteiger partial charge in [0.25, 0.3) is 0 Å². The summed E-state index contributed by atoms with van der Waals surface area (Å²) in [5.74, 6) is 1.72. The van der Waals surface area contributed by atoms with Crippen molar-refractivity contribution in [2.45, 2.75) is 44.4 Å². The highest BCUT2D eigenvalue weighted by Gasteiger charge is 2.39. The average Bonchev–Trinajstić information content (AvgIpc) is 3.13. The van der Waals surface area contributed by atoms with E-state index in [1.165, 1.54) is 25.7 Å². The third-order valence-electron chi connectivity index (χ3n) is 4.74. The van der Waals surface area contributed by atoms with Crippen LogP contribution in [0, 0.1) is 5.92 Å². The van der Waals surface area contributed by atoms with Crippen molar-refractivity contribution < 1.29 is 10.2 Å². The van der Waals surface area contributed by atoms with Crippen molar-refractivity contribution in [3.05, 3.63) is 12.7 Å². The number of hydrogen-bond acceptors (Lipinski definition) is 6. The monoisotopic (exact) mass is 303 g/mol. The van der Waals surface area contributed by atoms with Crippen LogP contribution in [0.25, 0.3) is 11.2 Å². The maximum Gasteiger partial charge on any atom is 0.165 e. The van der Waals surface area contributed by atoms with Gasteiger partial charge in [-0.2, -0.15) is 0 Å². The first-order chi connectivity index (χ1) is 10.8. The number of aliphatic hydroxyl groups excluding tert-OH is 2. The average molecular weight is 303 g/mol. The highest BCUT2D eigenvalue weighted by molar-refractivity contribution is 5.83. The van der Waals surface area contributed by atoms with E-state index in [9.17, 15) is 5.11 Å². The fourth-order valence-corrected chi connectivity index (χ4v) is 3.52. The van der Waals surface area contributed by atoms with Crippen molar-refractivity contribution >= 4 is 17.0 Å². The summed E-state index contributed by atoms with van der Waals surface area (Å²) in [5, 5.41) is 18.7. The molecule has 118 valence electrons. The molecule has 2 atom stereocenters. The molecule has 2 aliphatic rings. The molecule has 1 saturated carbocycles. The predicted octanol–water partition coefficient (Wildman–Crippen LogP) is 0.558. The van der Waals surface area contributed by atoms with Gasteiger partial charge in [-0.3, -0.25) is 0 Å². The molecule has 1 aliphatic carbocycles. The van der Waals surface area contributed by atoms with Crippen LogP contribution in [-0.4, -0.2) is 55.0 Å². The zero-order valence-corrected chi connectivity index (χ0v) is 12.5. The fourth-order valence-electron chi connectivity index (χ4n) is 3.52. The van der Waals surface area contributed by atoms with Gasteiger partial charge in [0.05, 0.1) is 25.6 Å². The Morgan fingerprint density at radius 3 is 2.86 bits per heavy atom. The Labute approximate surface area is 128 Å². The summed E-state index contributed by atoms with van der Waals surface area (Å²) >= 11 is 0. The van der Waals surface area contributed by atoms with Crippen LogP contribution < -0.4 is 4.90 Å². The van der Waals surface area contributed by atoms with Gasteiger partial charge in [0, 0.05) is 12.6 Å². The van der Waals surface area contributed by atoms with Crippen LogP contribution in [0.3, 0.4) is 0 Å². The van der Waals surface area contributed by atoms with Crippen molar-refractivity contribution in [1.29, 1.82) is 0 Å². The zero-order chi connectivity index (χ0) is 15.1. The molecule has 3 heterocycles. The second-order valence-corrected chi connectivity index (χ2v) is 6.34. The molecule has 2 aromatic rings. The van der Waals surface area contributed by atoms with Gasteiger partial charge in [-0.05, 0) is 31.6 Å². The highest BCUT2D eigenvalue weighted by Crippen LogP contribution is 2.42. The molecule has 22 heavy (non-hydrogen) atoms. The standard InChI is InChI=1S/C15H21N5O2/c21-7-11(22)6-19-9-18-13-14(19)16-8-17-15(13)20-5-1-2-12(20)10-3-4-10/h8-12,21-22H,1-7H2. The second-order valence-electron chi connectivity index (χ2n) is 6.34. The minimum Gasteiger partial charge on any atom is -0.394 e. The second kappa shape index (κ2) is 5.48. The third kappa shape index (κ3) is 2.34. The number of fused-ring (bicyclic) bond motifs is 1. The Morgan fingerprint density at radius 2 is 2.09 bits per heavy atom. The molecule has 0 bridgehead atoms. The molecule has 2 aromatic heterocycles. The third-order valence-corrected chi connectivity index (χ3v) is 4.74. The summed E-state index contributed by atoms with van der Waals surface area (Å²) in [5.41, 5.74) is 1.51. The summed E-state index contributed by atoms with van der Waals surface area (Å²) in [6, 6.07) is 0.589. The lowest BCUT2D eigenvalue weighted by molar-refractivity contribution is 0.0820. The zero-order valence-electron chi connectivity index (χ0n) is 12.5. The minimum atomic E-state index is -0.804. The number of aromatic nitrogens is 4. The number of imidazole rings is 1. The number of aliphatic hydroxyl groups is 2. The SMILES string of the molecule is OCC(O)Cn1cnc2c(N3CCCC3C3CC3)ncnc21. The molecule has 4 rings (SSSR count). The van der Waals surface area contributed by atoms with E-state index in [4.69, 9.17) is 5.11 Å². The summed E-state index contributed by atoms with van der Waals surface area (Å²) < 4.78 is 1.78. The number of anilines is 1. The van der Waals surface area contributed by atoms with E-state index in [-0.39, 0.29) is 13.2 Å². The van der Waals surface area contributed by atoms with Gasteiger partial charge in [0.1, 0.15) is 6.33 Å². The lowest BCUT2D eigenvalue weighted by Gasteiger charge is -2.25. The Kier molecular flexibility index (Phi) is 3.46. The van der Waals surface area contributed by atoms with E-state index in [1.54, 1.807) is 17.2 Å². The first-order valence-electron chi connectivity index (χ1n) is 7.99. The van der Waals surface area contributed by atoms with Crippen molar-refractivity contribution in [3.63, 3.8) is 0 Å². The maximum absolute atomic E-state index is 9.64. The Morgan fingerprint density at radius 1 is 1.23 bits per heavy atom. The first-order valence-corrected chi connectivity index (χ1v) is 7.99. The fraction of sp³-hybridized carbons (Fsp3) is 0.667. The topological polar surface area (TPSA) is 87.3 Å². The van der Waals surface area contributed by atoms with E-state index in [1.807, 2.05) is 0 Å². The van der Waals surface area contributed by atoms with Gasteiger partial charge in [-0.25, -0.2) is 15.0 Å². The Hall–Kier alpha value is -1.73. The van der Waals surface area contributed by atoms with Gasteiger partial charge in [0.15, 0.2) is 17.0 Å². The molecule has 7 nitrogen and oxygen atoms in total. The lowest BCUT2D eigenvalue weighted by Crippen LogP contribution is -2.31. The molecule has 1 saturated heterocycles. The number of nitrogens with zero attached hydrogens (tertiary/aromatic N) is 5. The Balaban J connectivity index is 1.69. The molecule has 7 heteroatoms. The van der Waals surface area contributed by atoms with Crippen LogP contribution in [0.5, 0.6) is 0 Å². The number of hydrogen-bond donors (Lipinski definition) is 2. The molecule has 0 radical (unpaired) electrons. The molecular weight excluding hydrogens is 282 g/mol. The molecule has 2 fully saturated rings. The van der Waals surface area contributed by atoms with E-state index >= 15 is 0 Å². The molecule has 0 spiro atoms. The maximum atomic E-state index is 9.64. The molecule has 1 aliphatic heterocycles. The molecule has 0 aromatic carbocycles. The smallest absolute Gasteiger partial charge is 0.165 e. The normalized spacial score (nSPS) is 23.4. The van der Waals surface area contributed by atoms with Gasteiger partial charge in [-0.1, -0.05) is 0 Å².